The first-order valence-electron chi connectivity index (χ1n) is 9.15. The van der Waals surface area contributed by atoms with E-state index in [-0.39, 0.29) is 5.41 Å². The Morgan fingerprint density at radius 2 is 1.81 bits per heavy atom. The molecule has 3 aromatic rings. The molecule has 1 atom stereocenters. The third-order valence-electron chi connectivity index (χ3n) is 4.93. The van der Waals surface area contributed by atoms with E-state index < -0.39 is 11.9 Å². The SMILES string of the molecule is CC(C)(C)c1ccc(Cn2cc(C[C@H](N)C(=O)NO)c3ccccc32)cc1. The van der Waals surface area contributed by atoms with Gasteiger partial charge in [-0.2, -0.15) is 0 Å². The van der Waals surface area contributed by atoms with Gasteiger partial charge in [-0.1, -0.05) is 63.2 Å². The minimum absolute atomic E-state index is 0.134. The highest BCUT2D eigenvalue weighted by atomic mass is 16.5. The summed E-state index contributed by atoms with van der Waals surface area (Å²) in [5.74, 6) is -0.579. The number of hydrogen-bond acceptors (Lipinski definition) is 3. The maximum Gasteiger partial charge on any atom is 0.260 e. The number of rotatable bonds is 5. The molecule has 0 saturated heterocycles. The second kappa shape index (κ2) is 7.55. The lowest BCUT2D eigenvalue weighted by atomic mass is 9.87. The largest absolute Gasteiger partial charge is 0.343 e. The zero-order valence-corrected chi connectivity index (χ0v) is 16.1. The summed E-state index contributed by atoms with van der Waals surface area (Å²) in [5.41, 5.74) is 12.3. The van der Waals surface area contributed by atoms with Crippen LogP contribution in [0.2, 0.25) is 0 Å². The van der Waals surface area contributed by atoms with Crippen molar-refractivity contribution in [3.8, 4) is 0 Å². The number of hydroxylamine groups is 1. The molecule has 5 nitrogen and oxygen atoms in total. The van der Waals surface area contributed by atoms with Gasteiger partial charge in [0.05, 0.1) is 6.04 Å². The van der Waals surface area contributed by atoms with Crippen LogP contribution in [0.15, 0.2) is 54.7 Å². The van der Waals surface area contributed by atoms with Crippen LogP contribution in [0.1, 0.15) is 37.5 Å². The molecule has 4 N–H and O–H groups in total. The summed E-state index contributed by atoms with van der Waals surface area (Å²) >= 11 is 0. The van der Waals surface area contributed by atoms with Gasteiger partial charge in [0.15, 0.2) is 0 Å². The zero-order valence-electron chi connectivity index (χ0n) is 16.1. The molecule has 0 aliphatic rings. The molecule has 1 aromatic heterocycles. The topological polar surface area (TPSA) is 80.3 Å². The molecule has 2 aromatic carbocycles. The van der Waals surface area contributed by atoms with Crippen molar-refractivity contribution >= 4 is 16.8 Å². The number of fused-ring (bicyclic) bond motifs is 1. The van der Waals surface area contributed by atoms with Gasteiger partial charge in [0.1, 0.15) is 0 Å². The lowest BCUT2D eigenvalue weighted by Crippen LogP contribution is -2.40. The van der Waals surface area contributed by atoms with E-state index in [0.717, 1.165) is 23.0 Å². The molecule has 142 valence electrons. The Morgan fingerprint density at radius 3 is 2.44 bits per heavy atom. The predicted octanol–water partition coefficient (Wildman–Crippen LogP) is 3.36. The van der Waals surface area contributed by atoms with E-state index in [1.807, 2.05) is 24.4 Å². The van der Waals surface area contributed by atoms with E-state index in [9.17, 15) is 4.79 Å². The van der Waals surface area contributed by atoms with Gasteiger partial charge >= 0.3 is 0 Å². The van der Waals surface area contributed by atoms with Gasteiger partial charge in [0.2, 0.25) is 0 Å². The van der Waals surface area contributed by atoms with Crippen LogP contribution in [0.3, 0.4) is 0 Å². The average Bonchev–Trinajstić information content (AvgIpc) is 2.98. The van der Waals surface area contributed by atoms with E-state index in [2.05, 4.69) is 55.7 Å². The van der Waals surface area contributed by atoms with E-state index in [1.54, 1.807) is 5.48 Å². The highest BCUT2D eigenvalue weighted by Crippen LogP contribution is 2.25. The quantitative estimate of drug-likeness (QED) is 0.479. The summed E-state index contributed by atoms with van der Waals surface area (Å²) in [4.78, 5) is 11.6. The third-order valence-corrected chi connectivity index (χ3v) is 4.93. The fraction of sp³-hybridized carbons (Fsp3) is 0.318. The van der Waals surface area contributed by atoms with Gasteiger partial charge < -0.3 is 10.3 Å². The Balaban J connectivity index is 1.90. The van der Waals surface area contributed by atoms with Crippen LogP contribution >= 0.6 is 0 Å². The number of amides is 1. The number of para-hydroxylation sites is 1. The number of nitrogens with zero attached hydrogens (tertiary/aromatic N) is 1. The maximum atomic E-state index is 11.6. The molecular formula is C22H27N3O2. The van der Waals surface area contributed by atoms with Gasteiger partial charge in [0, 0.05) is 23.6 Å². The number of carbonyl (C=O) groups excluding carboxylic acids is 1. The lowest BCUT2D eigenvalue weighted by molar-refractivity contribution is -0.130. The summed E-state index contributed by atoms with van der Waals surface area (Å²) in [5, 5.41) is 9.87. The van der Waals surface area contributed by atoms with Crippen molar-refractivity contribution in [3.63, 3.8) is 0 Å². The molecule has 1 heterocycles. The summed E-state index contributed by atoms with van der Waals surface area (Å²) in [6.07, 6.45) is 2.41. The molecule has 27 heavy (non-hydrogen) atoms. The lowest BCUT2D eigenvalue weighted by Gasteiger charge is -2.19. The van der Waals surface area contributed by atoms with Crippen LogP contribution in [-0.2, 0) is 23.2 Å². The van der Waals surface area contributed by atoms with Crippen molar-refractivity contribution in [3.05, 3.63) is 71.4 Å². The molecule has 0 bridgehead atoms. The van der Waals surface area contributed by atoms with Crippen molar-refractivity contribution in [1.82, 2.24) is 10.0 Å². The minimum atomic E-state index is -0.791. The number of carbonyl (C=O) groups is 1. The predicted molar refractivity (Wildman–Crippen MR) is 108 cm³/mol. The molecule has 0 unspecified atom stereocenters. The summed E-state index contributed by atoms with van der Waals surface area (Å²) < 4.78 is 2.18. The van der Waals surface area contributed by atoms with E-state index >= 15 is 0 Å². The zero-order chi connectivity index (χ0) is 19.6. The van der Waals surface area contributed by atoms with Crippen molar-refractivity contribution in [2.75, 3.05) is 0 Å². The molecule has 3 rings (SSSR count). The normalized spacial score (nSPS) is 12.9. The summed E-state index contributed by atoms with van der Waals surface area (Å²) in [6, 6.07) is 16.0. The van der Waals surface area contributed by atoms with Crippen LogP contribution in [0.25, 0.3) is 10.9 Å². The molecule has 0 spiro atoms. The Labute approximate surface area is 159 Å². The second-order valence-corrected chi connectivity index (χ2v) is 8.03. The monoisotopic (exact) mass is 365 g/mol. The molecule has 1 amide bonds. The molecule has 5 heteroatoms. The van der Waals surface area contributed by atoms with Gasteiger partial charge in [-0.3, -0.25) is 10.0 Å². The van der Waals surface area contributed by atoms with E-state index in [0.29, 0.717) is 6.42 Å². The van der Waals surface area contributed by atoms with Gasteiger partial charge in [0.25, 0.3) is 5.91 Å². The van der Waals surface area contributed by atoms with Crippen molar-refractivity contribution < 1.29 is 10.0 Å². The molecule has 0 radical (unpaired) electrons. The number of hydrogen-bond donors (Lipinski definition) is 3. The van der Waals surface area contributed by atoms with Crippen LogP contribution < -0.4 is 11.2 Å². The van der Waals surface area contributed by atoms with Crippen molar-refractivity contribution in [2.24, 2.45) is 5.73 Å². The number of aromatic nitrogens is 1. The highest BCUT2D eigenvalue weighted by molar-refractivity contribution is 5.86. The Bertz CT molecular complexity index is 936. The summed E-state index contributed by atoms with van der Waals surface area (Å²) in [6.45, 7) is 7.37. The Morgan fingerprint density at radius 1 is 1.15 bits per heavy atom. The van der Waals surface area contributed by atoms with Crippen LogP contribution in [-0.4, -0.2) is 21.7 Å². The standard InChI is InChI=1S/C22H27N3O2/c1-22(2,3)17-10-8-15(9-11-17)13-25-14-16(12-19(23)21(26)24-27)18-6-4-5-7-20(18)25/h4-11,14,19,27H,12-13,23H2,1-3H3,(H,24,26)/t19-/m0/s1. The average molecular weight is 365 g/mol. The molecular weight excluding hydrogens is 338 g/mol. The van der Waals surface area contributed by atoms with Crippen molar-refractivity contribution in [2.45, 2.75) is 45.2 Å². The van der Waals surface area contributed by atoms with Gasteiger partial charge in [-0.25, -0.2) is 5.48 Å². The fourth-order valence-corrected chi connectivity index (χ4v) is 3.34. The third kappa shape index (κ3) is 4.21. The molecule has 0 fully saturated rings. The van der Waals surface area contributed by atoms with Gasteiger partial charge in [-0.15, -0.1) is 0 Å². The number of benzene rings is 2. The highest BCUT2D eigenvalue weighted by Gasteiger charge is 2.17. The van der Waals surface area contributed by atoms with Gasteiger partial charge in [-0.05, 0) is 34.6 Å². The Hall–Kier alpha value is -2.63. The first kappa shape index (κ1) is 19.1. The Kier molecular flexibility index (Phi) is 5.35. The molecule has 0 aliphatic carbocycles. The van der Waals surface area contributed by atoms with Crippen LogP contribution in [0, 0.1) is 0 Å². The van der Waals surface area contributed by atoms with Crippen LogP contribution in [0.4, 0.5) is 0 Å². The molecule has 0 aliphatic heterocycles. The minimum Gasteiger partial charge on any atom is -0.343 e. The van der Waals surface area contributed by atoms with Crippen LogP contribution in [0.5, 0.6) is 0 Å². The first-order valence-corrected chi connectivity index (χ1v) is 9.15. The fourth-order valence-electron chi connectivity index (χ4n) is 3.34. The van der Waals surface area contributed by atoms with E-state index in [1.165, 1.54) is 11.1 Å². The van der Waals surface area contributed by atoms with E-state index in [4.69, 9.17) is 10.9 Å². The molecule has 0 saturated carbocycles. The maximum absolute atomic E-state index is 11.6. The van der Waals surface area contributed by atoms with Crippen molar-refractivity contribution in [1.29, 1.82) is 0 Å². The second-order valence-electron chi connectivity index (χ2n) is 8.03. The first-order chi connectivity index (χ1) is 12.8. The summed E-state index contributed by atoms with van der Waals surface area (Å²) in [7, 11) is 0. The smallest absolute Gasteiger partial charge is 0.260 e. The number of nitrogens with one attached hydrogen (secondary N) is 1. The number of nitrogens with two attached hydrogens (primary N) is 1.